The number of pyridine rings is 1. The van der Waals surface area contributed by atoms with Gasteiger partial charge in [-0.2, -0.15) is 4.98 Å². The largest absolute Gasteiger partial charge is 0.375 e. The molecule has 23 heavy (non-hydrogen) atoms. The van der Waals surface area contributed by atoms with Gasteiger partial charge < -0.3 is 14.6 Å². The molecule has 6 nitrogen and oxygen atoms in total. The summed E-state index contributed by atoms with van der Waals surface area (Å²) in [6, 6.07) is 9.92. The SMILES string of the molecule is C[C@H]1OCCN[C@@H]1c1nc(-c2nccc3ccccc23)no1.Cl. The molecule has 1 aromatic carbocycles. The third-order valence-corrected chi connectivity index (χ3v) is 3.91. The number of aromatic nitrogens is 3. The number of halogens is 1. The van der Waals surface area contributed by atoms with Crippen LogP contribution in [-0.4, -0.2) is 34.4 Å². The van der Waals surface area contributed by atoms with Gasteiger partial charge in [0, 0.05) is 18.1 Å². The molecule has 1 saturated heterocycles. The van der Waals surface area contributed by atoms with Crippen LogP contribution in [0.25, 0.3) is 22.3 Å². The van der Waals surface area contributed by atoms with Crippen LogP contribution in [-0.2, 0) is 4.74 Å². The van der Waals surface area contributed by atoms with Crippen molar-refractivity contribution < 1.29 is 9.26 Å². The van der Waals surface area contributed by atoms with Crippen molar-refractivity contribution in [3.63, 3.8) is 0 Å². The minimum atomic E-state index is -0.0787. The quantitative estimate of drug-likeness (QED) is 0.778. The third-order valence-electron chi connectivity index (χ3n) is 3.91. The summed E-state index contributed by atoms with van der Waals surface area (Å²) in [5.41, 5.74) is 0.734. The first-order chi connectivity index (χ1) is 10.8. The maximum Gasteiger partial charge on any atom is 0.246 e. The zero-order valence-corrected chi connectivity index (χ0v) is 13.4. The van der Waals surface area contributed by atoms with Crippen LogP contribution in [0.1, 0.15) is 18.9 Å². The number of hydrogen-bond donors (Lipinski definition) is 1. The van der Waals surface area contributed by atoms with Gasteiger partial charge in [0.25, 0.3) is 0 Å². The second-order valence-corrected chi connectivity index (χ2v) is 5.34. The van der Waals surface area contributed by atoms with Gasteiger partial charge in [0.05, 0.1) is 12.7 Å². The Balaban J connectivity index is 0.00000156. The second-order valence-electron chi connectivity index (χ2n) is 5.34. The van der Waals surface area contributed by atoms with Crippen molar-refractivity contribution in [2.24, 2.45) is 0 Å². The average molecular weight is 333 g/mol. The fraction of sp³-hybridized carbons (Fsp3) is 0.312. The Bertz CT molecular complexity index is 802. The van der Waals surface area contributed by atoms with E-state index < -0.39 is 0 Å². The highest BCUT2D eigenvalue weighted by molar-refractivity contribution is 5.92. The maximum absolute atomic E-state index is 5.62. The Labute approximate surface area is 139 Å². The second kappa shape index (κ2) is 6.62. The van der Waals surface area contributed by atoms with Gasteiger partial charge >= 0.3 is 0 Å². The molecule has 1 fully saturated rings. The highest BCUT2D eigenvalue weighted by Crippen LogP contribution is 2.26. The standard InChI is InChI=1S/C16H16N4O2.ClH/c1-10-13(18-8-9-21-10)16-19-15(20-22-16)14-12-5-3-2-4-11(12)6-7-17-14;/h2-7,10,13,18H,8-9H2,1H3;1H/t10-,13+;/m1./s1. The highest BCUT2D eigenvalue weighted by atomic mass is 35.5. The molecule has 4 rings (SSSR count). The number of fused-ring (bicyclic) bond motifs is 1. The minimum Gasteiger partial charge on any atom is -0.375 e. The van der Waals surface area contributed by atoms with Crippen LogP contribution < -0.4 is 5.32 Å². The van der Waals surface area contributed by atoms with Gasteiger partial charge in [-0.3, -0.25) is 4.98 Å². The van der Waals surface area contributed by atoms with Gasteiger partial charge in [-0.25, -0.2) is 0 Å². The van der Waals surface area contributed by atoms with Crippen LogP contribution in [0, 0.1) is 0 Å². The van der Waals surface area contributed by atoms with Crippen molar-refractivity contribution >= 4 is 23.2 Å². The summed E-state index contributed by atoms with van der Waals surface area (Å²) in [7, 11) is 0. The predicted octanol–water partition coefficient (Wildman–Crippen LogP) is 2.76. The van der Waals surface area contributed by atoms with Crippen LogP contribution >= 0.6 is 12.4 Å². The van der Waals surface area contributed by atoms with Crippen LogP contribution in [0.5, 0.6) is 0 Å². The molecule has 0 aliphatic carbocycles. The number of morpholine rings is 1. The van der Waals surface area contributed by atoms with E-state index in [1.54, 1.807) is 6.20 Å². The summed E-state index contributed by atoms with van der Waals surface area (Å²) < 4.78 is 11.1. The lowest BCUT2D eigenvalue weighted by Crippen LogP contribution is -2.40. The van der Waals surface area contributed by atoms with Crippen molar-refractivity contribution in [3.8, 4) is 11.5 Å². The van der Waals surface area contributed by atoms with Gasteiger partial charge in [-0.15, -0.1) is 12.4 Å². The number of ether oxygens (including phenoxy) is 1. The van der Waals surface area contributed by atoms with E-state index in [0.717, 1.165) is 23.0 Å². The summed E-state index contributed by atoms with van der Waals surface area (Å²) in [4.78, 5) is 8.94. The summed E-state index contributed by atoms with van der Waals surface area (Å²) in [5.74, 6) is 1.04. The molecule has 0 radical (unpaired) electrons. The predicted molar refractivity (Wildman–Crippen MR) is 88.4 cm³/mol. The maximum atomic E-state index is 5.62. The van der Waals surface area contributed by atoms with E-state index in [9.17, 15) is 0 Å². The molecule has 0 unspecified atom stereocenters. The fourth-order valence-corrected chi connectivity index (χ4v) is 2.77. The molecular formula is C16H17ClN4O2. The molecule has 1 N–H and O–H groups in total. The Morgan fingerprint density at radius 1 is 1.22 bits per heavy atom. The molecule has 120 valence electrons. The molecule has 2 aromatic heterocycles. The third kappa shape index (κ3) is 2.93. The zero-order chi connectivity index (χ0) is 14.9. The molecule has 7 heteroatoms. The number of nitrogens with zero attached hydrogens (tertiary/aromatic N) is 3. The fourth-order valence-electron chi connectivity index (χ4n) is 2.77. The van der Waals surface area contributed by atoms with Crippen LogP contribution in [0.3, 0.4) is 0 Å². The smallest absolute Gasteiger partial charge is 0.246 e. The van der Waals surface area contributed by atoms with Gasteiger partial charge in [0.1, 0.15) is 11.7 Å². The lowest BCUT2D eigenvalue weighted by atomic mass is 10.1. The molecule has 0 bridgehead atoms. The highest BCUT2D eigenvalue weighted by Gasteiger charge is 2.28. The van der Waals surface area contributed by atoms with Crippen molar-refractivity contribution in [3.05, 3.63) is 42.4 Å². The van der Waals surface area contributed by atoms with Crippen molar-refractivity contribution in [1.29, 1.82) is 0 Å². The van der Waals surface area contributed by atoms with Crippen molar-refractivity contribution in [1.82, 2.24) is 20.4 Å². The number of rotatable bonds is 2. The monoisotopic (exact) mass is 332 g/mol. The van der Waals surface area contributed by atoms with Crippen molar-refractivity contribution in [2.45, 2.75) is 19.1 Å². The van der Waals surface area contributed by atoms with E-state index in [1.807, 2.05) is 37.3 Å². The molecule has 3 heterocycles. The molecule has 1 aliphatic heterocycles. The van der Waals surface area contributed by atoms with E-state index in [4.69, 9.17) is 9.26 Å². The Morgan fingerprint density at radius 2 is 2.09 bits per heavy atom. The van der Waals surface area contributed by atoms with Gasteiger partial charge in [0.15, 0.2) is 0 Å². The normalized spacial score (nSPS) is 21.1. The lowest BCUT2D eigenvalue weighted by Gasteiger charge is -2.27. The first-order valence-corrected chi connectivity index (χ1v) is 7.35. The first-order valence-electron chi connectivity index (χ1n) is 7.35. The molecule has 2 atom stereocenters. The molecule has 1 aliphatic rings. The van der Waals surface area contributed by atoms with Crippen LogP contribution in [0.15, 0.2) is 41.1 Å². The first kappa shape index (κ1) is 15.9. The summed E-state index contributed by atoms with van der Waals surface area (Å²) in [6.07, 6.45) is 1.76. The number of benzene rings is 1. The number of hydrogen-bond acceptors (Lipinski definition) is 6. The molecular weight excluding hydrogens is 316 g/mol. The number of nitrogens with one attached hydrogen (secondary N) is 1. The van der Waals surface area contributed by atoms with E-state index in [2.05, 4.69) is 20.4 Å². The molecule has 0 saturated carbocycles. The topological polar surface area (TPSA) is 73.1 Å². The summed E-state index contributed by atoms with van der Waals surface area (Å²) >= 11 is 0. The average Bonchev–Trinajstić information content (AvgIpc) is 3.04. The minimum absolute atomic E-state index is 0. The van der Waals surface area contributed by atoms with Gasteiger partial charge in [-0.1, -0.05) is 29.4 Å². The molecule has 0 spiro atoms. The Morgan fingerprint density at radius 3 is 2.96 bits per heavy atom. The van der Waals surface area contributed by atoms with Crippen LogP contribution in [0.4, 0.5) is 0 Å². The van der Waals surface area contributed by atoms with Gasteiger partial charge in [0.2, 0.25) is 11.7 Å². The van der Waals surface area contributed by atoms with E-state index in [-0.39, 0.29) is 24.6 Å². The zero-order valence-electron chi connectivity index (χ0n) is 12.6. The van der Waals surface area contributed by atoms with Crippen LogP contribution in [0.2, 0.25) is 0 Å². The lowest BCUT2D eigenvalue weighted by molar-refractivity contribution is -0.00136. The Kier molecular flexibility index (Phi) is 4.56. The van der Waals surface area contributed by atoms with Gasteiger partial charge in [-0.05, 0) is 18.4 Å². The summed E-state index contributed by atoms with van der Waals surface area (Å²) in [5, 5.41) is 9.56. The van der Waals surface area contributed by atoms with E-state index in [0.29, 0.717) is 18.3 Å². The van der Waals surface area contributed by atoms with Crippen molar-refractivity contribution in [2.75, 3.05) is 13.2 Å². The molecule has 3 aromatic rings. The molecule has 0 amide bonds. The van der Waals surface area contributed by atoms with E-state index in [1.165, 1.54) is 0 Å². The summed E-state index contributed by atoms with van der Waals surface area (Å²) in [6.45, 7) is 3.47. The Hall–Kier alpha value is -2.02. The van der Waals surface area contributed by atoms with E-state index >= 15 is 0 Å².